The number of fused-ring (bicyclic) bond motifs is 1. The largest absolute Gasteiger partial charge is 0.341 e. The van der Waals surface area contributed by atoms with Crippen LogP contribution in [0.15, 0.2) is 24.3 Å². The van der Waals surface area contributed by atoms with Crippen LogP contribution >= 0.6 is 0 Å². The van der Waals surface area contributed by atoms with E-state index in [4.69, 9.17) is 5.73 Å². The van der Waals surface area contributed by atoms with E-state index in [1.165, 1.54) is 0 Å². The summed E-state index contributed by atoms with van der Waals surface area (Å²) < 4.78 is 0. The fourth-order valence-electron chi connectivity index (χ4n) is 2.14. The second kappa shape index (κ2) is 4.53. The van der Waals surface area contributed by atoms with E-state index in [1.54, 1.807) is 11.9 Å². The Morgan fingerprint density at radius 1 is 1.50 bits per heavy atom. The number of anilines is 1. The van der Waals surface area contributed by atoms with Gasteiger partial charge in [0.25, 0.3) is 0 Å². The molecule has 1 aliphatic rings. The van der Waals surface area contributed by atoms with Crippen LogP contribution in [0.4, 0.5) is 10.5 Å². The molecule has 1 atom stereocenters. The Kier molecular flexibility index (Phi) is 3.10. The number of carbonyl (C=O) groups is 1. The smallest absolute Gasteiger partial charge is 0.321 e. The molecule has 0 radical (unpaired) electrons. The summed E-state index contributed by atoms with van der Waals surface area (Å²) in [7, 11) is 1.65. The second-order valence-electron chi connectivity index (χ2n) is 4.01. The Morgan fingerprint density at radius 3 is 3.00 bits per heavy atom. The molecule has 86 valence electrons. The number of carbonyl (C=O) groups excluding carboxylic acids is 1. The number of nitrogens with one attached hydrogen (secondary N) is 1. The number of hydrogen-bond donors (Lipinski definition) is 2. The van der Waals surface area contributed by atoms with Crippen LogP contribution in [0.2, 0.25) is 0 Å². The quantitative estimate of drug-likeness (QED) is 0.696. The van der Waals surface area contributed by atoms with Crippen LogP contribution < -0.4 is 16.0 Å². The maximum atomic E-state index is 11.8. The van der Waals surface area contributed by atoms with Gasteiger partial charge in [0.2, 0.25) is 0 Å². The number of benzene rings is 1. The van der Waals surface area contributed by atoms with Gasteiger partial charge in [-0.25, -0.2) is 4.79 Å². The van der Waals surface area contributed by atoms with Crippen molar-refractivity contribution in [2.45, 2.75) is 18.9 Å². The summed E-state index contributed by atoms with van der Waals surface area (Å²) in [5, 5.41) is 2.66. The summed E-state index contributed by atoms with van der Waals surface area (Å²) in [5.41, 5.74) is 8.09. The average Bonchev–Trinajstić information content (AvgIpc) is 2.49. The molecular weight excluding hydrogens is 202 g/mol. The fourth-order valence-corrected chi connectivity index (χ4v) is 2.14. The van der Waals surface area contributed by atoms with Crippen molar-refractivity contribution in [2.24, 2.45) is 5.73 Å². The zero-order valence-corrected chi connectivity index (χ0v) is 9.44. The predicted molar refractivity (Wildman–Crippen MR) is 64.4 cm³/mol. The molecule has 16 heavy (non-hydrogen) atoms. The summed E-state index contributed by atoms with van der Waals surface area (Å²) in [6.07, 6.45) is 1.85. The van der Waals surface area contributed by atoms with Crippen molar-refractivity contribution in [2.75, 3.05) is 18.5 Å². The van der Waals surface area contributed by atoms with Crippen molar-refractivity contribution in [3.05, 3.63) is 29.8 Å². The molecule has 0 aliphatic carbocycles. The highest BCUT2D eigenvalue weighted by Gasteiger charge is 2.23. The van der Waals surface area contributed by atoms with E-state index in [-0.39, 0.29) is 12.1 Å². The van der Waals surface area contributed by atoms with Crippen LogP contribution in [0, 0.1) is 0 Å². The average molecular weight is 219 g/mol. The van der Waals surface area contributed by atoms with Crippen LogP contribution in [-0.4, -0.2) is 19.6 Å². The van der Waals surface area contributed by atoms with Gasteiger partial charge < -0.3 is 11.1 Å². The van der Waals surface area contributed by atoms with Crippen molar-refractivity contribution in [1.82, 2.24) is 5.32 Å². The van der Waals surface area contributed by atoms with Gasteiger partial charge in [-0.1, -0.05) is 18.2 Å². The summed E-state index contributed by atoms with van der Waals surface area (Å²) >= 11 is 0. The summed E-state index contributed by atoms with van der Waals surface area (Å²) in [5.74, 6) is 0. The first-order valence-electron chi connectivity index (χ1n) is 5.58. The molecule has 4 nitrogen and oxygen atoms in total. The number of amides is 2. The maximum Gasteiger partial charge on any atom is 0.321 e. The van der Waals surface area contributed by atoms with E-state index in [9.17, 15) is 4.79 Å². The standard InChI is InChI=1S/C12H17N3O/c1-14-12(16)15-8-4-6-10(13)9-5-2-3-7-11(9)15/h2-3,5,7,10H,4,6,8,13H2,1H3,(H,14,16). The van der Waals surface area contributed by atoms with E-state index in [0.29, 0.717) is 0 Å². The molecule has 0 bridgehead atoms. The van der Waals surface area contributed by atoms with Crippen LogP contribution in [0.25, 0.3) is 0 Å². The molecule has 2 rings (SSSR count). The van der Waals surface area contributed by atoms with E-state index < -0.39 is 0 Å². The van der Waals surface area contributed by atoms with E-state index in [0.717, 1.165) is 30.6 Å². The molecule has 4 heteroatoms. The van der Waals surface area contributed by atoms with E-state index >= 15 is 0 Å². The molecule has 2 amide bonds. The molecule has 1 aromatic carbocycles. The van der Waals surface area contributed by atoms with Crippen LogP contribution in [-0.2, 0) is 0 Å². The number of para-hydroxylation sites is 1. The normalized spacial score (nSPS) is 19.9. The molecule has 0 saturated heterocycles. The lowest BCUT2D eigenvalue weighted by atomic mass is 10.0. The van der Waals surface area contributed by atoms with Gasteiger partial charge >= 0.3 is 6.03 Å². The van der Waals surface area contributed by atoms with Crippen molar-refractivity contribution in [3.8, 4) is 0 Å². The van der Waals surface area contributed by atoms with Crippen molar-refractivity contribution in [1.29, 1.82) is 0 Å². The third kappa shape index (κ3) is 1.88. The third-order valence-electron chi connectivity index (χ3n) is 2.98. The lowest BCUT2D eigenvalue weighted by Gasteiger charge is -2.22. The minimum Gasteiger partial charge on any atom is -0.341 e. The molecule has 0 fully saturated rings. The molecule has 1 heterocycles. The molecule has 1 unspecified atom stereocenters. The number of urea groups is 1. The van der Waals surface area contributed by atoms with Crippen LogP contribution in [0.5, 0.6) is 0 Å². The number of nitrogens with two attached hydrogens (primary N) is 1. The van der Waals surface area contributed by atoms with E-state index in [2.05, 4.69) is 5.32 Å². The predicted octanol–water partition coefficient (Wildman–Crippen LogP) is 1.63. The first kappa shape index (κ1) is 11.0. The van der Waals surface area contributed by atoms with Gasteiger partial charge in [0.05, 0.1) is 5.69 Å². The molecule has 1 aliphatic heterocycles. The first-order valence-corrected chi connectivity index (χ1v) is 5.58. The fraction of sp³-hybridized carbons (Fsp3) is 0.417. The van der Waals surface area contributed by atoms with Crippen LogP contribution in [0.3, 0.4) is 0 Å². The van der Waals surface area contributed by atoms with Crippen molar-refractivity contribution >= 4 is 11.7 Å². The first-order chi connectivity index (χ1) is 7.74. The van der Waals surface area contributed by atoms with Gasteiger partial charge in [0.15, 0.2) is 0 Å². The SMILES string of the molecule is CNC(=O)N1CCCC(N)c2ccccc21. The monoisotopic (exact) mass is 219 g/mol. The highest BCUT2D eigenvalue weighted by atomic mass is 16.2. The van der Waals surface area contributed by atoms with Gasteiger partial charge in [0.1, 0.15) is 0 Å². The van der Waals surface area contributed by atoms with Crippen molar-refractivity contribution in [3.63, 3.8) is 0 Å². The molecule has 0 spiro atoms. The Labute approximate surface area is 95.4 Å². The Balaban J connectivity index is 2.42. The molecular formula is C12H17N3O. The zero-order chi connectivity index (χ0) is 11.5. The Morgan fingerprint density at radius 2 is 2.25 bits per heavy atom. The molecule has 3 N–H and O–H groups in total. The summed E-state index contributed by atoms with van der Waals surface area (Å²) in [4.78, 5) is 13.5. The number of rotatable bonds is 0. The van der Waals surface area contributed by atoms with Crippen LogP contribution in [0.1, 0.15) is 24.4 Å². The van der Waals surface area contributed by atoms with E-state index in [1.807, 2.05) is 24.3 Å². The number of hydrogen-bond acceptors (Lipinski definition) is 2. The summed E-state index contributed by atoms with van der Waals surface area (Å²) in [6, 6.07) is 7.82. The lowest BCUT2D eigenvalue weighted by Crippen LogP contribution is -2.38. The van der Waals surface area contributed by atoms with Crippen molar-refractivity contribution < 1.29 is 4.79 Å². The van der Waals surface area contributed by atoms with Gasteiger partial charge in [0, 0.05) is 19.6 Å². The number of nitrogens with zero attached hydrogens (tertiary/aromatic N) is 1. The minimum absolute atomic E-state index is 0.0332. The minimum atomic E-state index is -0.0680. The molecule has 0 saturated carbocycles. The van der Waals surface area contributed by atoms with Gasteiger partial charge in [-0.2, -0.15) is 0 Å². The third-order valence-corrected chi connectivity index (χ3v) is 2.98. The van der Waals surface area contributed by atoms with Gasteiger partial charge in [-0.3, -0.25) is 4.90 Å². The molecule has 0 aromatic heterocycles. The topological polar surface area (TPSA) is 58.4 Å². The summed E-state index contributed by atoms with van der Waals surface area (Å²) in [6.45, 7) is 0.727. The highest BCUT2D eigenvalue weighted by Crippen LogP contribution is 2.31. The van der Waals surface area contributed by atoms with Gasteiger partial charge in [-0.05, 0) is 24.5 Å². The Bertz CT molecular complexity index is 392. The van der Waals surface area contributed by atoms with Gasteiger partial charge in [-0.15, -0.1) is 0 Å². The zero-order valence-electron chi connectivity index (χ0n) is 9.44. The Hall–Kier alpha value is -1.55. The highest BCUT2D eigenvalue weighted by molar-refractivity contribution is 5.92. The second-order valence-corrected chi connectivity index (χ2v) is 4.01. The molecule has 1 aromatic rings. The lowest BCUT2D eigenvalue weighted by molar-refractivity contribution is 0.248. The maximum absolute atomic E-state index is 11.8.